The summed E-state index contributed by atoms with van der Waals surface area (Å²) < 4.78 is 0. The number of Topliss-reactive ketones (excluding diaryl/α,β-unsaturated/α-hetero) is 1. The van der Waals surface area contributed by atoms with Crippen molar-refractivity contribution >= 4 is 24.1 Å². The van der Waals surface area contributed by atoms with E-state index in [4.69, 9.17) is 0 Å². The highest BCUT2D eigenvalue weighted by molar-refractivity contribution is 6.01. The number of fused-ring (bicyclic) bond motifs is 1. The summed E-state index contributed by atoms with van der Waals surface area (Å²) in [6.45, 7) is 4.27. The molecule has 4 nitrogen and oxygen atoms in total. The Morgan fingerprint density at radius 1 is 1.00 bits per heavy atom. The minimum atomic E-state index is -0.131. The Labute approximate surface area is 162 Å². The highest BCUT2D eigenvalue weighted by Crippen LogP contribution is 2.34. The van der Waals surface area contributed by atoms with E-state index in [2.05, 4.69) is 9.80 Å². The monoisotopic (exact) mass is 376 g/mol. The SMILES string of the molecule is Cl.O=C1CCC(C(=O)N2CCCCC2CN2CCCC2)c2ccccc21. The van der Waals surface area contributed by atoms with Crippen LogP contribution in [-0.4, -0.2) is 53.7 Å². The third-order valence-electron chi connectivity index (χ3n) is 6.17. The van der Waals surface area contributed by atoms with E-state index in [-0.39, 0.29) is 30.0 Å². The van der Waals surface area contributed by atoms with Gasteiger partial charge in [-0.1, -0.05) is 24.3 Å². The first-order valence-electron chi connectivity index (χ1n) is 9.89. The maximum Gasteiger partial charge on any atom is 0.230 e. The molecule has 26 heavy (non-hydrogen) atoms. The van der Waals surface area contributed by atoms with E-state index < -0.39 is 0 Å². The van der Waals surface area contributed by atoms with Gasteiger partial charge in [0.15, 0.2) is 5.78 Å². The molecule has 1 aliphatic carbocycles. The normalized spacial score (nSPS) is 26.3. The molecule has 2 fully saturated rings. The van der Waals surface area contributed by atoms with Crippen LogP contribution in [0.15, 0.2) is 24.3 Å². The summed E-state index contributed by atoms with van der Waals surface area (Å²) in [5, 5.41) is 0. The van der Waals surface area contributed by atoms with Crippen molar-refractivity contribution in [2.75, 3.05) is 26.2 Å². The summed E-state index contributed by atoms with van der Waals surface area (Å²) in [6.07, 6.45) is 7.20. The lowest BCUT2D eigenvalue weighted by atomic mass is 9.80. The third-order valence-corrected chi connectivity index (χ3v) is 6.17. The minimum absolute atomic E-state index is 0. The first-order valence-corrected chi connectivity index (χ1v) is 9.89. The number of carbonyl (C=O) groups is 2. The summed E-state index contributed by atoms with van der Waals surface area (Å²) in [6, 6.07) is 8.07. The van der Waals surface area contributed by atoms with E-state index in [9.17, 15) is 9.59 Å². The lowest BCUT2D eigenvalue weighted by Gasteiger charge is -2.40. The Balaban J connectivity index is 0.00000196. The van der Waals surface area contributed by atoms with Crippen molar-refractivity contribution in [1.82, 2.24) is 9.80 Å². The molecule has 0 radical (unpaired) electrons. The Hall–Kier alpha value is -1.39. The molecule has 2 aliphatic heterocycles. The topological polar surface area (TPSA) is 40.6 Å². The molecular formula is C21H29ClN2O2. The van der Waals surface area contributed by atoms with Crippen LogP contribution in [0, 0.1) is 0 Å². The van der Waals surface area contributed by atoms with E-state index in [0.29, 0.717) is 18.9 Å². The standard InChI is InChI=1S/C21H28N2O2.ClH/c24-20-11-10-19(17-8-1-2-9-18(17)20)21(25)23-14-4-3-7-16(23)15-22-12-5-6-13-22;/h1-2,8-9,16,19H,3-7,10-15H2;1H. The molecule has 0 bridgehead atoms. The molecule has 2 saturated heterocycles. The maximum atomic E-state index is 13.4. The second-order valence-corrected chi connectivity index (χ2v) is 7.79. The molecule has 0 spiro atoms. The summed E-state index contributed by atoms with van der Waals surface area (Å²) in [5.41, 5.74) is 1.72. The Morgan fingerprint density at radius 3 is 2.54 bits per heavy atom. The smallest absolute Gasteiger partial charge is 0.230 e. The molecule has 0 saturated carbocycles. The molecule has 2 heterocycles. The van der Waals surface area contributed by atoms with Crippen LogP contribution in [0.4, 0.5) is 0 Å². The van der Waals surface area contributed by atoms with Crippen molar-refractivity contribution < 1.29 is 9.59 Å². The van der Waals surface area contributed by atoms with Gasteiger partial charge in [-0.2, -0.15) is 0 Å². The molecule has 1 amide bonds. The number of nitrogens with zero attached hydrogens (tertiary/aromatic N) is 2. The fourth-order valence-electron chi connectivity index (χ4n) is 4.82. The number of hydrogen-bond donors (Lipinski definition) is 0. The van der Waals surface area contributed by atoms with Gasteiger partial charge in [0.05, 0.1) is 5.92 Å². The van der Waals surface area contributed by atoms with Crippen molar-refractivity contribution in [3.05, 3.63) is 35.4 Å². The second kappa shape index (κ2) is 8.53. The molecule has 2 unspecified atom stereocenters. The number of benzene rings is 1. The van der Waals surface area contributed by atoms with Crippen molar-refractivity contribution in [3.8, 4) is 0 Å². The second-order valence-electron chi connectivity index (χ2n) is 7.79. The number of carbonyl (C=O) groups excluding carboxylic acids is 2. The van der Waals surface area contributed by atoms with Gasteiger partial charge in [0.2, 0.25) is 5.91 Å². The molecule has 5 heteroatoms. The number of halogens is 1. The molecule has 142 valence electrons. The highest BCUT2D eigenvalue weighted by Gasteiger charge is 2.36. The predicted molar refractivity (Wildman–Crippen MR) is 105 cm³/mol. The molecular weight excluding hydrogens is 348 g/mol. The van der Waals surface area contributed by atoms with Crippen molar-refractivity contribution in [2.24, 2.45) is 0 Å². The van der Waals surface area contributed by atoms with E-state index in [1.807, 2.05) is 24.3 Å². The van der Waals surface area contributed by atoms with Gasteiger partial charge < -0.3 is 9.80 Å². The van der Waals surface area contributed by atoms with Crippen LogP contribution in [0.3, 0.4) is 0 Å². The summed E-state index contributed by atoms with van der Waals surface area (Å²) in [4.78, 5) is 30.3. The summed E-state index contributed by atoms with van der Waals surface area (Å²) in [5.74, 6) is 0.309. The van der Waals surface area contributed by atoms with Crippen LogP contribution in [0.25, 0.3) is 0 Å². The Morgan fingerprint density at radius 2 is 1.73 bits per heavy atom. The van der Waals surface area contributed by atoms with Crippen LogP contribution >= 0.6 is 12.4 Å². The predicted octanol–water partition coefficient (Wildman–Crippen LogP) is 3.65. The quantitative estimate of drug-likeness (QED) is 0.808. The number of rotatable bonds is 3. The molecule has 2 atom stereocenters. The van der Waals surface area contributed by atoms with Crippen LogP contribution in [0.2, 0.25) is 0 Å². The minimum Gasteiger partial charge on any atom is -0.338 e. The van der Waals surface area contributed by atoms with Crippen molar-refractivity contribution in [1.29, 1.82) is 0 Å². The maximum absolute atomic E-state index is 13.4. The number of ketones is 1. The zero-order valence-electron chi connectivity index (χ0n) is 15.4. The van der Waals surface area contributed by atoms with Crippen LogP contribution in [0.1, 0.15) is 66.8 Å². The van der Waals surface area contributed by atoms with E-state index in [0.717, 1.165) is 37.1 Å². The van der Waals surface area contributed by atoms with Gasteiger partial charge in [-0.3, -0.25) is 9.59 Å². The first-order chi connectivity index (χ1) is 12.2. The van der Waals surface area contributed by atoms with Crippen molar-refractivity contribution in [3.63, 3.8) is 0 Å². The van der Waals surface area contributed by atoms with E-state index >= 15 is 0 Å². The fraction of sp³-hybridized carbons (Fsp3) is 0.619. The van der Waals surface area contributed by atoms with Crippen LogP contribution in [-0.2, 0) is 4.79 Å². The number of piperidine rings is 1. The van der Waals surface area contributed by atoms with E-state index in [1.54, 1.807) is 0 Å². The molecule has 3 aliphatic rings. The van der Waals surface area contributed by atoms with Gasteiger partial charge in [-0.15, -0.1) is 12.4 Å². The van der Waals surface area contributed by atoms with Crippen LogP contribution < -0.4 is 0 Å². The molecule has 0 N–H and O–H groups in total. The van der Waals surface area contributed by atoms with Gasteiger partial charge in [0.1, 0.15) is 0 Å². The average molecular weight is 377 g/mol. The van der Waals surface area contributed by atoms with Crippen LogP contribution in [0.5, 0.6) is 0 Å². The number of likely N-dealkylation sites (tertiary alicyclic amines) is 2. The summed E-state index contributed by atoms with van der Waals surface area (Å²) in [7, 11) is 0. The van der Waals surface area contributed by atoms with Gasteiger partial charge in [0, 0.05) is 31.1 Å². The molecule has 1 aromatic carbocycles. The highest BCUT2D eigenvalue weighted by atomic mass is 35.5. The Bertz CT molecular complexity index is 657. The Kier molecular flexibility index (Phi) is 6.36. The summed E-state index contributed by atoms with van der Waals surface area (Å²) >= 11 is 0. The first kappa shape index (κ1) is 19.4. The largest absolute Gasteiger partial charge is 0.338 e. The lowest BCUT2D eigenvalue weighted by Crippen LogP contribution is -2.50. The lowest BCUT2D eigenvalue weighted by molar-refractivity contribution is -0.137. The third kappa shape index (κ3) is 3.81. The number of amides is 1. The fourth-order valence-corrected chi connectivity index (χ4v) is 4.82. The zero-order valence-corrected chi connectivity index (χ0v) is 16.2. The van der Waals surface area contributed by atoms with Crippen molar-refractivity contribution in [2.45, 2.75) is 56.9 Å². The van der Waals surface area contributed by atoms with Gasteiger partial charge in [-0.25, -0.2) is 0 Å². The van der Waals surface area contributed by atoms with Gasteiger partial charge >= 0.3 is 0 Å². The number of hydrogen-bond acceptors (Lipinski definition) is 3. The molecule has 4 rings (SSSR count). The molecule has 0 aromatic heterocycles. The van der Waals surface area contributed by atoms with E-state index in [1.165, 1.54) is 32.4 Å². The average Bonchev–Trinajstić information content (AvgIpc) is 3.15. The van der Waals surface area contributed by atoms with Gasteiger partial charge in [-0.05, 0) is 57.2 Å². The van der Waals surface area contributed by atoms with Gasteiger partial charge in [0.25, 0.3) is 0 Å². The molecule has 1 aromatic rings. The zero-order chi connectivity index (χ0) is 17.2.